The second-order valence-corrected chi connectivity index (χ2v) is 16.2. The molecule has 0 N–H and O–H groups in total. The highest BCUT2D eigenvalue weighted by atomic mass is 28.4. The minimum atomic E-state index is -1.87. The lowest BCUT2D eigenvalue weighted by molar-refractivity contribution is 0.00578. The largest absolute Gasteiger partial charge is 0.498 e. The number of benzene rings is 2. The fraction of sp³-hybridized carbons (Fsp3) is 0.615. The highest BCUT2D eigenvalue weighted by molar-refractivity contribution is 6.74. The van der Waals surface area contributed by atoms with Gasteiger partial charge in [-0.2, -0.15) is 0 Å². The van der Waals surface area contributed by atoms with Gasteiger partial charge in [0.15, 0.2) is 8.32 Å². The van der Waals surface area contributed by atoms with Gasteiger partial charge in [0.1, 0.15) is 23.9 Å². The molecule has 188 valence electrons. The Hall–Kier alpha value is -1.74. The maximum absolute atomic E-state index is 6.43. The van der Waals surface area contributed by atoms with E-state index >= 15 is 0 Å². The molecule has 6 nitrogen and oxygen atoms in total. The predicted octanol–water partition coefficient (Wildman–Crippen LogP) is 5.56. The van der Waals surface area contributed by atoms with E-state index < -0.39 is 26.6 Å². The Kier molecular flexibility index (Phi) is 7.41. The summed E-state index contributed by atoms with van der Waals surface area (Å²) >= 11 is 0. The van der Waals surface area contributed by atoms with E-state index in [1.165, 1.54) is 0 Å². The van der Waals surface area contributed by atoms with Gasteiger partial charge < -0.3 is 27.9 Å². The Morgan fingerprint density at radius 2 is 1.50 bits per heavy atom. The molecule has 0 aliphatic carbocycles. The third-order valence-corrected chi connectivity index (χ3v) is 12.2. The lowest BCUT2D eigenvalue weighted by Gasteiger charge is -2.36. The molecule has 0 radical (unpaired) electrons. The van der Waals surface area contributed by atoms with Crippen LogP contribution in [-0.2, 0) is 13.7 Å². The van der Waals surface area contributed by atoms with Crippen LogP contribution in [0.15, 0.2) is 24.3 Å². The van der Waals surface area contributed by atoms with Gasteiger partial charge in [-0.15, -0.1) is 0 Å². The van der Waals surface area contributed by atoms with Crippen molar-refractivity contribution in [3.05, 3.63) is 24.3 Å². The summed E-state index contributed by atoms with van der Waals surface area (Å²) in [5, 5.41) is 1.88. The zero-order chi connectivity index (χ0) is 25.5. The standard InChI is InChI=1S/C26H41BO6Si/c1-24(2,3)34(10,11)31-16-15-30-23-18-13-12-14-20(28-8)22(18)21(29-9)17-19(23)27-32-25(4,5)26(6,7)33-27/h12-14,17H,15-16H2,1-11H3. The van der Waals surface area contributed by atoms with E-state index in [4.69, 9.17) is 27.9 Å². The molecule has 1 aliphatic heterocycles. The number of rotatable bonds is 8. The van der Waals surface area contributed by atoms with Crippen molar-refractivity contribution in [2.24, 2.45) is 0 Å². The molecule has 0 spiro atoms. The Balaban J connectivity index is 2.03. The molecule has 2 aromatic rings. The lowest BCUT2D eigenvalue weighted by atomic mass is 9.77. The van der Waals surface area contributed by atoms with Crippen LogP contribution in [0.25, 0.3) is 10.8 Å². The number of fused-ring (bicyclic) bond motifs is 1. The highest BCUT2D eigenvalue weighted by Crippen LogP contribution is 2.42. The molecule has 0 saturated carbocycles. The average Bonchev–Trinajstić information content (AvgIpc) is 2.96. The molecule has 34 heavy (non-hydrogen) atoms. The summed E-state index contributed by atoms with van der Waals surface area (Å²) in [6.45, 7) is 20.3. The van der Waals surface area contributed by atoms with Crippen LogP contribution in [0.2, 0.25) is 18.1 Å². The molecular formula is C26H41BO6Si. The molecule has 0 aromatic heterocycles. The van der Waals surface area contributed by atoms with Crippen LogP contribution in [0.5, 0.6) is 17.2 Å². The van der Waals surface area contributed by atoms with Crippen LogP contribution in [0.1, 0.15) is 48.5 Å². The van der Waals surface area contributed by atoms with Crippen molar-refractivity contribution < 1.29 is 27.9 Å². The summed E-state index contributed by atoms with van der Waals surface area (Å²) in [6.07, 6.45) is 0. The van der Waals surface area contributed by atoms with E-state index in [-0.39, 0.29) is 5.04 Å². The Bertz CT molecular complexity index is 1010. The van der Waals surface area contributed by atoms with E-state index in [9.17, 15) is 0 Å². The first-order valence-corrected chi connectivity index (χ1v) is 14.9. The minimum Gasteiger partial charge on any atom is -0.496 e. The first kappa shape index (κ1) is 26.9. The molecule has 0 unspecified atom stereocenters. The van der Waals surface area contributed by atoms with Crippen LogP contribution in [-0.4, -0.2) is 54.1 Å². The van der Waals surface area contributed by atoms with Crippen molar-refractivity contribution in [2.45, 2.75) is 77.8 Å². The molecule has 0 atom stereocenters. The third kappa shape index (κ3) is 4.96. The molecular weight excluding hydrogens is 447 g/mol. The number of hydrogen-bond acceptors (Lipinski definition) is 6. The molecule has 1 saturated heterocycles. The summed E-state index contributed by atoms with van der Waals surface area (Å²) in [7, 11) is 0.847. The first-order chi connectivity index (χ1) is 15.6. The van der Waals surface area contributed by atoms with Crippen LogP contribution >= 0.6 is 0 Å². The number of methoxy groups -OCH3 is 2. The van der Waals surface area contributed by atoms with Crippen molar-refractivity contribution >= 4 is 31.7 Å². The predicted molar refractivity (Wildman–Crippen MR) is 141 cm³/mol. The van der Waals surface area contributed by atoms with Crippen molar-refractivity contribution in [3.63, 3.8) is 0 Å². The Labute approximate surface area is 206 Å². The van der Waals surface area contributed by atoms with Crippen molar-refractivity contribution in [2.75, 3.05) is 27.4 Å². The summed E-state index contributed by atoms with van der Waals surface area (Å²) in [5.74, 6) is 2.10. The zero-order valence-corrected chi connectivity index (χ0v) is 23.8. The zero-order valence-electron chi connectivity index (χ0n) is 22.8. The van der Waals surface area contributed by atoms with Gasteiger partial charge in [0, 0.05) is 10.8 Å². The molecule has 1 fully saturated rings. The van der Waals surface area contributed by atoms with Crippen molar-refractivity contribution in [1.29, 1.82) is 0 Å². The maximum atomic E-state index is 6.43. The first-order valence-electron chi connectivity index (χ1n) is 12.0. The van der Waals surface area contributed by atoms with E-state index in [0.29, 0.717) is 24.7 Å². The Morgan fingerprint density at radius 1 is 0.912 bits per heavy atom. The molecule has 1 aliphatic rings. The fourth-order valence-electron chi connectivity index (χ4n) is 3.70. The highest BCUT2D eigenvalue weighted by Gasteiger charge is 2.53. The summed E-state index contributed by atoms with van der Waals surface area (Å²) in [6, 6.07) is 7.83. The topological polar surface area (TPSA) is 55.4 Å². The van der Waals surface area contributed by atoms with Gasteiger partial charge in [-0.05, 0) is 58.0 Å². The maximum Gasteiger partial charge on any atom is 0.498 e. The van der Waals surface area contributed by atoms with Crippen molar-refractivity contribution in [3.8, 4) is 17.2 Å². The van der Waals surface area contributed by atoms with Gasteiger partial charge in [0.25, 0.3) is 0 Å². The second-order valence-electron chi connectivity index (χ2n) is 11.4. The molecule has 8 heteroatoms. The molecule has 3 rings (SSSR count). The van der Waals surface area contributed by atoms with Crippen LogP contribution < -0.4 is 19.7 Å². The van der Waals surface area contributed by atoms with E-state index in [1.807, 2.05) is 52.0 Å². The molecule has 1 heterocycles. The van der Waals surface area contributed by atoms with Crippen LogP contribution in [0, 0.1) is 0 Å². The molecule has 0 bridgehead atoms. The summed E-state index contributed by atoms with van der Waals surface area (Å²) in [5.41, 5.74) is -0.156. The fourth-order valence-corrected chi connectivity index (χ4v) is 4.73. The molecule has 0 amide bonds. The van der Waals surface area contributed by atoms with Gasteiger partial charge in [0.2, 0.25) is 0 Å². The normalized spacial score (nSPS) is 17.8. The quantitative estimate of drug-likeness (QED) is 0.358. The molecule has 2 aromatic carbocycles. The van der Waals surface area contributed by atoms with Crippen LogP contribution in [0.3, 0.4) is 0 Å². The average molecular weight is 489 g/mol. The summed E-state index contributed by atoms with van der Waals surface area (Å²) < 4.78 is 37.0. The minimum absolute atomic E-state index is 0.140. The van der Waals surface area contributed by atoms with Gasteiger partial charge >= 0.3 is 7.12 Å². The third-order valence-electron chi connectivity index (χ3n) is 7.61. The van der Waals surface area contributed by atoms with Gasteiger partial charge in [-0.25, -0.2) is 0 Å². The van der Waals surface area contributed by atoms with Gasteiger partial charge in [-0.1, -0.05) is 32.9 Å². The van der Waals surface area contributed by atoms with Gasteiger partial charge in [0.05, 0.1) is 37.4 Å². The van der Waals surface area contributed by atoms with Crippen LogP contribution in [0.4, 0.5) is 0 Å². The lowest BCUT2D eigenvalue weighted by Crippen LogP contribution is -2.42. The second kappa shape index (κ2) is 9.37. The number of hydrogen-bond donors (Lipinski definition) is 0. The van der Waals surface area contributed by atoms with E-state index in [1.54, 1.807) is 14.2 Å². The summed E-state index contributed by atoms with van der Waals surface area (Å²) in [4.78, 5) is 0. The monoisotopic (exact) mass is 488 g/mol. The van der Waals surface area contributed by atoms with E-state index in [0.717, 1.165) is 22.0 Å². The SMILES string of the molecule is COc1cccc2c(OCCO[Si](C)(C)C(C)(C)C)c(B3OC(C)(C)C(C)(C)O3)cc(OC)c12. The number of ether oxygens (including phenoxy) is 3. The van der Waals surface area contributed by atoms with Gasteiger partial charge in [-0.3, -0.25) is 0 Å². The smallest absolute Gasteiger partial charge is 0.496 e. The van der Waals surface area contributed by atoms with E-state index in [2.05, 4.69) is 33.9 Å². The Morgan fingerprint density at radius 3 is 2.03 bits per heavy atom. The van der Waals surface area contributed by atoms with Crippen molar-refractivity contribution in [1.82, 2.24) is 0 Å².